The zero-order valence-electron chi connectivity index (χ0n) is 11.5. The van der Waals surface area contributed by atoms with Gasteiger partial charge in [0.15, 0.2) is 0 Å². The van der Waals surface area contributed by atoms with Crippen LogP contribution in [0.5, 0.6) is 0 Å². The van der Waals surface area contributed by atoms with Crippen molar-refractivity contribution in [2.75, 3.05) is 32.8 Å². The van der Waals surface area contributed by atoms with Crippen LogP contribution in [0.2, 0.25) is 0 Å². The van der Waals surface area contributed by atoms with Gasteiger partial charge in [-0.3, -0.25) is 4.79 Å². The smallest absolute Gasteiger partial charge is 0.225 e. The molecule has 0 unspecified atom stereocenters. The molecule has 1 aliphatic rings. The molecule has 1 saturated heterocycles. The Balaban J connectivity index is 2.19. The number of carbonyl (C=O) groups is 1. The van der Waals surface area contributed by atoms with Gasteiger partial charge in [-0.2, -0.15) is 0 Å². The fraction of sp³-hybridized carbons (Fsp3) is 0.786. The van der Waals surface area contributed by atoms with Crippen LogP contribution in [0.4, 0.5) is 0 Å². The van der Waals surface area contributed by atoms with E-state index in [1.807, 2.05) is 4.90 Å². The maximum absolute atomic E-state index is 12.0. The van der Waals surface area contributed by atoms with Crippen molar-refractivity contribution < 1.29 is 9.53 Å². The first-order valence-electron chi connectivity index (χ1n) is 6.99. The molecule has 0 atom stereocenters. The van der Waals surface area contributed by atoms with Crippen LogP contribution in [0.3, 0.4) is 0 Å². The third kappa shape index (κ3) is 5.65. The molecule has 1 rings (SSSR count). The van der Waals surface area contributed by atoms with E-state index in [-0.39, 0.29) is 5.91 Å². The van der Waals surface area contributed by atoms with Crippen molar-refractivity contribution in [2.45, 2.75) is 38.7 Å². The second kappa shape index (κ2) is 9.11. The number of nitrogens with zero attached hydrogens (tertiary/aromatic N) is 1. The summed E-state index contributed by atoms with van der Waals surface area (Å²) in [5, 5.41) is 3.30. The fourth-order valence-corrected chi connectivity index (χ4v) is 2.18. The van der Waals surface area contributed by atoms with E-state index in [0.717, 1.165) is 38.9 Å². The lowest BCUT2D eigenvalue weighted by molar-refractivity contribution is -0.132. The molecule has 1 heterocycles. The molecule has 0 aromatic rings. The molecule has 0 bridgehead atoms. The van der Waals surface area contributed by atoms with Crippen molar-refractivity contribution in [2.24, 2.45) is 0 Å². The van der Waals surface area contributed by atoms with Gasteiger partial charge in [-0.05, 0) is 32.4 Å². The molecule has 0 radical (unpaired) electrons. The minimum Gasteiger partial charge on any atom is -0.378 e. The molecule has 1 fully saturated rings. The third-order valence-corrected chi connectivity index (χ3v) is 3.15. The van der Waals surface area contributed by atoms with Crippen LogP contribution >= 0.6 is 0 Å². The van der Waals surface area contributed by atoms with Crippen LogP contribution in [0, 0.1) is 0 Å². The van der Waals surface area contributed by atoms with E-state index in [0.29, 0.717) is 25.7 Å². The normalized spacial score (nSPS) is 16.5. The molecule has 0 aliphatic carbocycles. The summed E-state index contributed by atoms with van der Waals surface area (Å²) in [6.45, 7) is 9.80. The van der Waals surface area contributed by atoms with E-state index in [1.54, 1.807) is 6.08 Å². The summed E-state index contributed by atoms with van der Waals surface area (Å²) in [4.78, 5) is 13.8. The Bertz CT molecular complexity index is 250. The Hall–Kier alpha value is -0.870. The van der Waals surface area contributed by atoms with Crippen LogP contribution in [-0.2, 0) is 9.53 Å². The van der Waals surface area contributed by atoms with Crippen molar-refractivity contribution in [3.63, 3.8) is 0 Å². The standard InChI is InChI=1S/C14H26N2O2/c1-3-10-16(11-4-2)14(17)7-12-18-13-5-8-15-9-6-13/h3,13,15H,1,4-12H2,2H3. The second-order valence-electron chi connectivity index (χ2n) is 4.70. The lowest BCUT2D eigenvalue weighted by Gasteiger charge is -2.24. The maximum atomic E-state index is 12.0. The Morgan fingerprint density at radius 3 is 2.83 bits per heavy atom. The van der Waals surface area contributed by atoms with Crippen molar-refractivity contribution in [3.8, 4) is 0 Å². The molecule has 4 nitrogen and oxygen atoms in total. The Labute approximate surface area is 110 Å². The van der Waals surface area contributed by atoms with Gasteiger partial charge in [0.25, 0.3) is 0 Å². The first kappa shape index (κ1) is 15.2. The van der Waals surface area contributed by atoms with Crippen LogP contribution in [0.15, 0.2) is 12.7 Å². The van der Waals surface area contributed by atoms with Crippen LogP contribution in [0.1, 0.15) is 32.6 Å². The number of ether oxygens (including phenoxy) is 1. The van der Waals surface area contributed by atoms with E-state index in [4.69, 9.17) is 4.74 Å². The van der Waals surface area contributed by atoms with Gasteiger partial charge in [-0.1, -0.05) is 13.0 Å². The topological polar surface area (TPSA) is 41.6 Å². The highest BCUT2D eigenvalue weighted by Gasteiger charge is 2.15. The Morgan fingerprint density at radius 1 is 1.50 bits per heavy atom. The Morgan fingerprint density at radius 2 is 2.22 bits per heavy atom. The molecule has 1 N–H and O–H groups in total. The monoisotopic (exact) mass is 254 g/mol. The van der Waals surface area contributed by atoms with Crippen molar-refractivity contribution in [3.05, 3.63) is 12.7 Å². The van der Waals surface area contributed by atoms with E-state index in [1.165, 1.54) is 0 Å². The minimum atomic E-state index is 0.172. The van der Waals surface area contributed by atoms with E-state index >= 15 is 0 Å². The number of nitrogens with one attached hydrogen (secondary N) is 1. The van der Waals surface area contributed by atoms with Crippen LogP contribution < -0.4 is 5.32 Å². The number of piperidine rings is 1. The van der Waals surface area contributed by atoms with Gasteiger partial charge in [-0.15, -0.1) is 6.58 Å². The molecule has 1 amide bonds. The highest BCUT2D eigenvalue weighted by atomic mass is 16.5. The van der Waals surface area contributed by atoms with E-state index < -0.39 is 0 Å². The molecule has 18 heavy (non-hydrogen) atoms. The summed E-state index contributed by atoms with van der Waals surface area (Å²) in [5.74, 6) is 0.172. The molecule has 0 saturated carbocycles. The predicted molar refractivity (Wildman–Crippen MR) is 73.5 cm³/mol. The van der Waals surface area contributed by atoms with E-state index in [9.17, 15) is 4.79 Å². The number of carbonyl (C=O) groups excluding carboxylic acids is 1. The molecule has 4 heteroatoms. The highest BCUT2D eigenvalue weighted by Crippen LogP contribution is 2.08. The summed E-state index contributed by atoms with van der Waals surface area (Å²) in [6, 6.07) is 0. The summed E-state index contributed by atoms with van der Waals surface area (Å²) < 4.78 is 5.75. The van der Waals surface area contributed by atoms with Gasteiger partial charge in [0.1, 0.15) is 0 Å². The zero-order chi connectivity index (χ0) is 13.2. The maximum Gasteiger partial charge on any atom is 0.225 e. The first-order chi connectivity index (χ1) is 8.77. The summed E-state index contributed by atoms with van der Waals surface area (Å²) in [7, 11) is 0. The van der Waals surface area contributed by atoms with Gasteiger partial charge in [-0.25, -0.2) is 0 Å². The molecule has 104 valence electrons. The van der Waals surface area contributed by atoms with Crippen molar-refractivity contribution in [1.82, 2.24) is 10.2 Å². The first-order valence-corrected chi connectivity index (χ1v) is 6.99. The van der Waals surface area contributed by atoms with Gasteiger partial charge < -0.3 is 15.0 Å². The SMILES string of the molecule is C=CCN(CCC)C(=O)CCOC1CCNCC1. The molecular formula is C14H26N2O2. The molecule has 0 aromatic carbocycles. The average molecular weight is 254 g/mol. The molecule has 0 aromatic heterocycles. The van der Waals surface area contributed by atoms with Crippen LogP contribution in [0.25, 0.3) is 0 Å². The Kier molecular flexibility index (Phi) is 7.69. The molecular weight excluding hydrogens is 228 g/mol. The third-order valence-electron chi connectivity index (χ3n) is 3.15. The quantitative estimate of drug-likeness (QED) is 0.669. The van der Waals surface area contributed by atoms with Gasteiger partial charge in [0.2, 0.25) is 5.91 Å². The fourth-order valence-electron chi connectivity index (χ4n) is 2.18. The van der Waals surface area contributed by atoms with Gasteiger partial charge >= 0.3 is 0 Å². The van der Waals surface area contributed by atoms with Gasteiger partial charge in [0.05, 0.1) is 19.1 Å². The zero-order valence-corrected chi connectivity index (χ0v) is 11.5. The average Bonchev–Trinajstić information content (AvgIpc) is 2.39. The lowest BCUT2D eigenvalue weighted by Crippen LogP contribution is -2.35. The van der Waals surface area contributed by atoms with Gasteiger partial charge in [0, 0.05) is 13.1 Å². The van der Waals surface area contributed by atoms with Crippen molar-refractivity contribution in [1.29, 1.82) is 0 Å². The molecule has 0 spiro atoms. The number of hydrogen-bond acceptors (Lipinski definition) is 3. The van der Waals surface area contributed by atoms with Crippen molar-refractivity contribution >= 4 is 5.91 Å². The lowest BCUT2D eigenvalue weighted by atomic mass is 10.1. The number of hydrogen-bond donors (Lipinski definition) is 1. The second-order valence-corrected chi connectivity index (χ2v) is 4.70. The predicted octanol–water partition coefficient (Wildman–Crippen LogP) is 1.57. The van der Waals surface area contributed by atoms with Crippen LogP contribution in [-0.4, -0.2) is 49.7 Å². The summed E-state index contributed by atoms with van der Waals surface area (Å²) >= 11 is 0. The summed E-state index contributed by atoms with van der Waals surface area (Å²) in [6.07, 6.45) is 5.69. The van der Waals surface area contributed by atoms with E-state index in [2.05, 4.69) is 18.8 Å². The summed E-state index contributed by atoms with van der Waals surface area (Å²) in [5.41, 5.74) is 0. The minimum absolute atomic E-state index is 0.172. The number of amides is 1. The number of rotatable bonds is 8. The highest BCUT2D eigenvalue weighted by molar-refractivity contribution is 5.76. The largest absolute Gasteiger partial charge is 0.378 e. The molecule has 1 aliphatic heterocycles.